The van der Waals surface area contributed by atoms with Crippen LogP contribution in [0, 0.1) is 5.41 Å². The summed E-state index contributed by atoms with van der Waals surface area (Å²) in [5, 5.41) is 9.28. The largest absolute Gasteiger partial charge is 0.508 e. The zero-order valence-corrected chi connectivity index (χ0v) is 11.8. The maximum atomic E-state index is 13.8. The number of hydrogen-bond acceptors (Lipinski definition) is 1. The van der Waals surface area contributed by atoms with Gasteiger partial charge in [-0.25, -0.2) is 0 Å². The molecule has 0 amide bonds. The highest BCUT2D eigenvalue weighted by atomic mass is 19.4. The van der Waals surface area contributed by atoms with E-state index in [1.54, 1.807) is 27.7 Å². The molecular weight excluding hydrogens is 253 g/mol. The highest BCUT2D eigenvalue weighted by Crippen LogP contribution is 2.55. The van der Waals surface area contributed by atoms with Crippen LogP contribution >= 0.6 is 0 Å². The Balaban J connectivity index is 3.52. The third-order valence-corrected chi connectivity index (χ3v) is 3.75. The van der Waals surface area contributed by atoms with Crippen molar-refractivity contribution in [2.75, 3.05) is 0 Å². The molecule has 0 radical (unpaired) electrons. The van der Waals surface area contributed by atoms with E-state index in [1.807, 2.05) is 0 Å². The lowest BCUT2D eigenvalue weighted by molar-refractivity contribution is -0.222. The van der Waals surface area contributed by atoms with Crippen molar-refractivity contribution in [3.63, 3.8) is 0 Å². The molecular formula is C15H21F3O. The zero-order chi connectivity index (χ0) is 14.9. The van der Waals surface area contributed by atoms with Crippen molar-refractivity contribution < 1.29 is 18.3 Å². The molecule has 1 rings (SSSR count). The number of alkyl halides is 3. The molecule has 0 saturated heterocycles. The van der Waals surface area contributed by atoms with Crippen molar-refractivity contribution in [2.24, 2.45) is 5.41 Å². The number of phenols is 1. The Kier molecular flexibility index (Phi) is 4.23. The molecule has 1 N–H and O–H groups in total. The van der Waals surface area contributed by atoms with Gasteiger partial charge in [0.1, 0.15) is 5.75 Å². The van der Waals surface area contributed by atoms with Crippen molar-refractivity contribution in [3.8, 4) is 5.75 Å². The number of rotatable bonds is 3. The molecule has 4 heteroatoms. The third-order valence-electron chi connectivity index (χ3n) is 3.75. The number of hydrogen-bond donors (Lipinski definition) is 1. The molecule has 1 nitrogen and oxygen atoms in total. The van der Waals surface area contributed by atoms with Crippen LogP contribution in [-0.2, 0) is 5.41 Å². The molecule has 0 aromatic heterocycles. The van der Waals surface area contributed by atoms with E-state index in [-0.39, 0.29) is 17.7 Å². The van der Waals surface area contributed by atoms with E-state index in [1.165, 1.54) is 24.3 Å². The van der Waals surface area contributed by atoms with Gasteiger partial charge in [0.05, 0.1) is 5.41 Å². The highest BCUT2D eigenvalue weighted by molar-refractivity contribution is 5.35. The van der Waals surface area contributed by atoms with Crippen LogP contribution < -0.4 is 0 Å². The summed E-state index contributed by atoms with van der Waals surface area (Å²) >= 11 is 0. The minimum Gasteiger partial charge on any atom is -0.508 e. The fourth-order valence-electron chi connectivity index (χ4n) is 2.80. The lowest BCUT2D eigenvalue weighted by Crippen LogP contribution is -2.52. The van der Waals surface area contributed by atoms with E-state index >= 15 is 0 Å². The average molecular weight is 274 g/mol. The smallest absolute Gasteiger partial charge is 0.398 e. The van der Waals surface area contributed by atoms with Gasteiger partial charge in [-0.05, 0) is 29.5 Å². The molecule has 0 aliphatic heterocycles. The fraction of sp³-hybridized carbons (Fsp3) is 0.600. The summed E-state index contributed by atoms with van der Waals surface area (Å²) in [6.07, 6.45) is -3.86. The lowest BCUT2D eigenvalue weighted by Gasteiger charge is -2.46. The minimum atomic E-state index is -4.34. The zero-order valence-electron chi connectivity index (χ0n) is 11.8. The van der Waals surface area contributed by atoms with Gasteiger partial charge in [0, 0.05) is 0 Å². The van der Waals surface area contributed by atoms with Crippen LogP contribution in [0.25, 0.3) is 0 Å². The van der Waals surface area contributed by atoms with E-state index < -0.39 is 17.0 Å². The van der Waals surface area contributed by atoms with Crippen LogP contribution in [0.1, 0.15) is 46.1 Å². The molecule has 0 bridgehead atoms. The van der Waals surface area contributed by atoms with E-state index in [2.05, 4.69) is 0 Å². The Morgan fingerprint density at radius 1 is 1.00 bits per heavy atom. The quantitative estimate of drug-likeness (QED) is 0.818. The van der Waals surface area contributed by atoms with Crippen LogP contribution in [0.2, 0.25) is 0 Å². The monoisotopic (exact) mass is 274 g/mol. The Labute approximate surface area is 112 Å². The van der Waals surface area contributed by atoms with Gasteiger partial charge in [-0.1, -0.05) is 46.2 Å². The number of halogens is 3. The lowest BCUT2D eigenvalue weighted by atomic mass is 9.60. The van der Waals surface area contributed by atoms with Crippen molar-refractivity contribution in [1.29, 1.82) is 0 Å². The van der Waals surface area contributed by atoms with Gasteiger partial charge in [0.25, 0.3) is 0 Å². The molecule has 0 fully saturated rings. The van der Waals surface area contributed by atoms with E-state index in [0.29, 0.717) is 6.42 Å². The second-order valence-electron chi connectivity index (χ2n) is 5.95. The first-order valence-corrected chi connectivity index (χ1v) is 6.42. The molecule has 0 heterocycles. The first-order valence-electron chi connectivity index (χ1n) is 6.42. The third kappa shape index (κ3) is 2.72. The molecule has 1 aromatic carbocycles. The Bertz CT molecular complexity index is 399. The summed E-state index contributed by atoms with van der Waals surface area (Å²) in [5.41, 5.74) is -2.65. The van der Waals surface area contributed by atoms with Crippen molar-refractivity contribution in [2.45, 2.75) is 52.1 Å². The van der Waals surface area contributed by atoms with Gasteiger partial charge in [0.15, 0.2) is 0 Å². The van der Waals surface area contributed by atoms with Crippen molar-refractivity contribution >= 4 is 0 Å². The van der Waals surface area contributed by atoms with Gasteiger partial charge < -0.3 is 5.11 Å². The Morgan fingerprint density at radius 3 is 1.79 bits per heavy atom. The van der Waals surface area contributed by atoms with E-state index in [9.17, 15) is 18.3 Å². The summed E-state index contributed by atoms with van der Waals surface area (Å²) in [4.78, 5) is 0. The molecule has 0 aliphatic rings. The number of benzene rings is 1. The topological polar surface area (TPSA) is 20.2 Å². The van der Waals surface area contributed by atoms with Gasteiger partial charge in [-0.2, -0.15) is 13.2 Å². The van der Waals surface area contributed by atoms with Crippen LogP contribution in [0.4, 0.5) is 13.2 Å². The minimum absolute atomic E-state index is 0.0229. The summed E-state index contributed by atoms with van der Waals surface area (Å²) in [6.45, 7) is 6.60. The molecule has 108 valence electrons. The van der Waals surface area contributed by atoms with Crippen molar-refractivity contribution in [3.05, 3.63) is 29.8 Å². The van der Waals surface area contributed by atoms with E-state index in [4.69, 9.17) is 0 Å². The van der Waals surface area contributed by atoms with Gasteiger partial charge in [-0.3, -0.25) is 0 Å². The van der Waals surface area contributed by atoms with Gasteiger partial charge >= 0.3 is 6.18 Å². The van der Waals surface area contributed by atoms with E-state index in [0.717, 1.165) is 0 Å². The number of aromatic hydroxyl groups is 1. The SMILES string of the molecule is CCCC(c1ccc(O)cc1)(C(C)(C)C)C(F)(F)F. The number of phenolic OH excluding ortho intramolecular Hbond substituents is 1. The fourth-order valence-corrected chi connectivity index (χ4v) is 2.80. The molecule has 1 unspecified atom stereocenters. The van der Waals surface area contributed by atoms with Crippen molar-refractivity contribution in [1.82, 2.24) is 0 Å². The summed E-state index contributed by atoms with van der Waals surface area (Å²) in [7, 11) is 0. The normalized spacial score (nSPS) is 16.2. The molecule has 1 atom stereocenters. The average Bonchev–Trinajstić information content (AvgIpc) is 2.24. The molecule has 1 aromatic rings. The predicted octanol–water partition coefficient (Wildman–Crippen LogP) is 5.04. The van der Waals surface area contributed by atoms with Gasteiger partial charge in [-0.15, -0.1) is 0 Å². The second-order valence-corrected chi connectivity index (χ2v) is 5.95. The first kappa shape index (κ1) is 15.9. The Hall–Kier alpha value is -1.19. The molecule has 0 spiro atoms. The maximum absolute atomic E-state index is 13.8. The molecule has 19 heavy (non-hydrogen) atoms. The second kappa shape index (κ2) is 5.06. The van der Waals surface area contributed by atoms with Crippen LogP contribution in [0.15, 0.2) is 24.3 Å². The van der Waals surface area contributed by atoms with Crippen LogP contribution in [0.5, 0.6) is 5.75 Å². The molecule has 0 saturated carbocycles. The van der Waals surface area contributed by atoms with Crippen LogP contribution in [0.3, 0.4) is 0 Å². The Morgan fingerprint density at radius 2 is 1.47 bits per heavy atom. The summed E-state index contributed by atoms with van der Waals surface area (Å²) in [5.74, 6) is -0.0229. The first-order chi connectivity index (χ1) is 8.56. The molecule has 0 aliphatic carbocycles. The summed E-state index contributed by atoms with van der Waals surface area (Å²) in [6, 6.07) is 5.39. The van der Waals surface area contributed by atoms with Crippen LogP contribution in [-0.4, -0.2) is 11.3 Å². The standard InChI is InChI=1S/C15H21F3O/c1-5-10-14(13(2,3)4,15(16,17)18)11-6-8-12(19)9-7-11/h6-9,19H,5,10H2,1-4H3. The maximum Gasteiger partial charge on any atom is 0.398 e. The predicted molar refractivity (Wildman–Crippen MR) is 70.2 cm³/mol. The summed E-state index contributed by atoms with van der Waals surface area (Å²) < 4.78 is 41.3. The van der Waals surface area contributed by atoms with Gasteiger partial charge in [0.2, 0.25) is 0 Å². The highest BCUT2D eigenvalue weighted by Gasteiger charge is 2.61.